The summed E-state index contributed by atoms with van der Waals surface area (Å²) in [5, 5.41) is 0.977. The van der Waals surface area contributed by atoms with Gasteiger partial charge in [-0.2, -0.15) is 0 Å². The molecule has 0 aromatic rings. The third-order valence-corrected chi connectivity index (χ3v) is 4.70. The van der Waals surface area contributed by atoms with E-state index in [0.29, 0.717) is 0 Å². The maximum Gasteiger partial charge on any atom is 0.173 e. The molecule has 18 heavy (non-hydrogen) atoms. The highest BCUT2D eigenvalue weighted by molar-refractivity contribution is 7.80. The van der Waals surface area contributed by atoms with E-state index < -0.39 is 0 Å². The molecule has 1 heterocycles. The number of rotatable bonds is 0. The first-order chi connectivity index (χ1) is 7.65. The second kappa shape index (κ2) is 3.84. The molecule has 0 bridgehead atoms. The molecule has 0 aromatic heterocycles. The van der Waals surface area contributed by atoms with E-state index in [-0.39, 0.29) is 22.2 Å². The molecular formula is C15H30N2S. The van der Waals surface area contributed by atoms with Gasteiger partial charge in [-0.05, 0) is 81.5 Å². The van der Waals surface area contributed by atoms with Crippen molar-refractivity contribution in [1.82, 2.24) is 9.80 Å². The maximum absolute atomic E-state index is 5.81. The standard InChI is InChI=1S/C15H30N2S/c1-12(2,3)16-11(18)17(13(4,5)6)15(9,10)14(16,7)8/h1-10H3. The quantitative estimate of drug-likeness (QED) is 0.613. The van der Waals surface area contributed by atoms with Crippen molar-refractivity contribution in [3.05, 3.63) is 0 Å². The zero-order chi connectivity index (χ0) is 14.7. The van der Waals surface area contributed by atoms with Crippen LogP contribution in [0.25, 0.3) is 0 Å². The van der Waals surface area contributed by atoms with Crippen LogP contribution in [0, 0.1) is 0 Å². The van der Waals surface area contributed by atoms with Gasteiger partial charge >= 0.3 is 0 Å². The van der Waals surface area contributed by atoms with E-state index in [2.05, 4.69) is 79.0 Å². The van der Waals surface area contributed by atoms with Gasteiger partial charge in [-0.1, -0.05) is 0 Å². The Morgan fingerprint density at radius 3 is 1.06 bits per heavy atom. The normalized spacial score (nSPS) is 23.8. The number of nitrogens with zero attached hydrogens (tertiary/aromatic N) is 2. The second-order valence-electron chi connectivity index (χ2n) is 8.41. The monoisotopic (exact) mass is 270 g/mol. The molecule has 1 rings (SSSR count). The van der Waals surface area contributed by atoms with Crippen molar-refractivity contribution < 1.29 is 0 Å². The first kappa shape index (κ1) is 15.7. The minimum absolute atomic E-state index is 0.00954. The van der Waals surface area contributed by atoms with E-state index in [9.17, 15) is 0 Å². The van der Waals surface area contributed by atoms with E-state index in [1.807, 2.05) is 0 Å². The summed E-state index contributed by atoms with van der Waals surface area (Å²) in [6.45, 7) is 22.6. The van der Waals surface area contributed by atoms with Crippen LogP contribution >= 0.6 is 12.2 Å². The maximum atomic E-state index is 5.81. The minimum atomic E-state index is 0.00954. The molecule has 0 radical (unpaired) electrons. The van der Waals surface area contributed by atoms with Crippen molar-refractivity contribution in [3.63, 3.8) is 0 Å². The van der Waals surface area contributed by atoms with Crippen LogP contribution < -0.4 is 0 Å². The van der Waals surface area contributed by atoms with Crippen LogP contribution in [0.5, 0.6) is 0 Å². The van der Waals surface area contributed by atoms with E-state index in [0.717, 1.165) is 5.11 Å². The van der Waals surface area contributed by atoms with Gasteiger partial charge in [-0.3, -0.25) is 0 Å². The summed E-state index contributed by atoms with van der Waals surface area (Å²) in [7, 11) is 0. The van der Waals surface area contributed by atoms with Crippen molar-refractivity contribution in [3.8, 4) is 0 Å². The lowest BCUT2D eigenvalue weighted by molar-refractivity contribution is 0.0362. The molecule has 0 spiro atoms. The number of hydrogen-bond donors (Lipinski definition) is 0. The predicted molar refractivity (Wildman–Crippen MR) is 83.9 cm³/mol. The summed E-state index contributed by atoms with van der Waals surface area (Å²) < 4.78 is 0. The van der Waals surface area contributed by atoms with Crippen LogP contribution in [0.3, 0.4) is 0 Å². The van der Waals surface area contributed by atoms with Crippen molar-refractivity contribution in [2.75, 3.05) is 0 Å². The third kappa shape index (κ3) is 2.04. The molecule has 0 aromatic carbocycles. The highest BCUT2D eigenvalue weighted by atomic mass is 32.1. The molecule has 0 N–H and O–H groups in total. The van der Waals surface area contributed by atoms with Gasteiger partial charge in [-0.25, -0.2) is 0 Å². The molecule has 106 valence electrons. The van der Waals surface area contributed by atoms with Gasteiger partial charge in [0.05, 0.1) is 11.1 Å². The van der Waals surface area contributed by atoms with Gasteiger partial charge < -0.3 is 9.80 Å². The van der Waals surface area contributed by atoms with Crippen molar-refractivity contribution in [2.24, 2.45) is 0 Å². The van der Waals surface area contributed by atoms with E-state index in [1.54, 1.807) is 0 Å². The summed E-state index contributed by atoms with van der Waals surface area (Å²) in [5.41, 5.74) is 0.0981. The van der Waals surface area contributed by atoms with Gasteiger partial charge in [-0.15, -0.1) is 0 Å². The number of thiocarbonyl (C=S) groups is 1. The smallest absolute Gasteiger partial charge is 0.173 e. The predicted octanol–water partition coefficient (Wildman–Crippen LogP) is 4.04. The summed E-state index contributed by atoms with van der Waals surface area (Å²) in [5.74, 6) is 0. The summed E-state index contributed by atoms with van der Waals surface area (Å²) in [6, 6.07) is 0. The van der Waals surface area contributed by atoms with Crippen LogP contribution in [0.1, 0.15) is 69.2 Å². The molecule has 0 atom stereocenters. The molecule has 0 saturated carbocycles. The van der Waals surface area contributed by atoms with Gasteiger partial charge in [0.1, 0.15) is 0 Å². The Balaban J connectivity index is 3.43. The molecule has 1 fully saturated rings. The molecule has 3 heteroatoms. The molecule has 2 nitrogen and oxygen atoms in total. The van der Waals surface area contributed by atoms with Gasteiger partial charge in [0, 0.05) is 11.1 Å². The Morgan fingerprint density at radius 1 is 0.722 bits per heavy atom. The molecule has 0 unspecified atom stereocenters. The van der Waals surface area contributed by atoms with Crippen LogP contribution in [0.15, 0.2) is 0 Å². The third-order valence-electron chi connectivity index (χ3n) is 4.34. The van der Waals surface area contributed by atoms with Crippen LogP contribution in [-0.2, 0) is 0 Å². The summed E-state index contributed by atoms with van der Waals surface area (Å²) >= 11 is 5.81. The number of hydrogen-bond acceptors (Lipinski definition) is 1. The van der Waals surface area contributed by atoms with Crippen LogP contribution in [-0.4, -0.2) is 37.1 Å². The van der Waals surface area contributed by atoms with E-state index in [1.165, 1.54) is 0 Å². The SMILES string of the molecule is CC(C)(C)N1C(=S)N(C(C)(C)C)C(C)(C)C1(C)C. The lowest BCUT2D eigenvalue weighted by Crippen LogP contribution is -2.60. The molecule has 0 aliphatic carbocycles. The zero-order valence-corrected chi connectivity index (χ0v) is 14.6. The minimum Gasteiger partial charge on any atom is -0.337 e. The Labute approximate surface area is 119 Å². The topological polar surface area (TPSA) is 6.48 Å². The molecule has 1 saturated heterocycles. The molecule has 1 aliphatic heterocycles. The van der Waals surface area contributed by atoms with Crippen molar-refractivity contribution in [1.29, 1.82) is 0 Å². The molecule has 1 aliphatic rings. The van der Waals surface area contributed by atoms with Gasteiger partial charge in [0.15, 0.2) is 5.11 Å². The Bertz CT molecular complexity index is 322. The Morgan fingerprint density at radius 2 is 0.944 bits per heavy atom. The zero-order valence-electron chi connectivity index (χ0n) is 13.8. The summed E-state index contributed by atoms with van der Waals surface area (Å²) in [6.07, 6.45) is 0. The Hall–Kier alpha value is -0.310. The fourth-order valence-electron chi connectivity index (χ4n) is 3.38. The van der Waals surface area contributed by atoms with Gasteiger partial charge in [0.25, 0.3) is 0 Å². The Kier molecular flexibility index (Phi) is 3.36. The first-order valence-corrected chi connectivity index (χ1v) is 7.20. The average Bonchev–Trinajstić information content (AvgIpc) is 2.08. The van der Waals surface area contributed by atoms with Crippen molar-refractivity contribution >= 4 is 17.3 Å². The largest absolute Gasteiger partial charge is 0.337 e. The second-order valence-corrected chi connectivity index (χ2v) is 8.78. The lowest BCUT2D eigenvalue weighted by Gasteiger charge is -2.48. The lowest BCUT2D eigenvalue weighted by atomic mass is 9.79. The average molecular weight is 270 g/mol. The fraction of sp³-hybridized carbons (Fsp3) is 0.933. The van der Waals surface area contributed by atoms with Crippen LogP contribution in [0.2, 0.25) is 0 Å². The van der Waals surface area contributed by atoms with Crippen LogP contribution in [0.4, 0.5) is 0 Å². The first-order valence-electron chi connectivity index (χ1n) is 6.80. The summed E-state index contributed by atoms with van der Waals surface area (Å²) in [4.78, 5) is 4.81. The van der Waals surface area contributed by atoms with E-state index >= 15 is 0 Å². The fourth-order valence-corrected chi connectivity index (χ4v) is 4.38. The van der Waals surface area contributed by atoms with Gasteiger partial charge in [0.2, 0.25) is 0 Å². The van der Waals surface area contributed by atoms with E-state index in [4.69, 9.17) is 12.2 Å². The highest BCUT2D eigenvalue weighted by Gasteiger charge is 2.59. The molecular weight excluding hydrogens is 240 g/mol. The van der Waals surface area contributed by atoms with Crippen molar-refractivity contribution in [2.45, 2.75) is 91.4 Å². The molecule has 0 amide bonds. The highest BCUT2D eigenvalue weighted by Crippen LogP contribution is 2.47.